The molecule has 2 saturated heterocycles. The molecule has 2 aromatic rings. The van der Waals surface area contributed by atoms with Gasteiger partial charge in [-0.05, 0) is 104 Å². The van der Waals surface area contributed by atoms with Crippen molar-refractivity contribution in [2.75, 3.05) is 26.2 Å². The van der Waals surface area contributed by atoms with E-state index in [-0.39, 0.29) is 29.9 Å². The van der Waals surface area contributed by atoms with E-state index in [0.29, 0.717) is 35.6 Å². The maximum atomic E-state index is 13.3. The monoisotopic (exact) mass is 586 g/mol. The summed E-state index contributed by atoms with van der Waals surface area (Å²) in [6, 6.07) is 10.3. The molecule has 0 radical (unpaired) electrons. The van der Waals surface area contributed by atoms with E-state index in [0.717, 1.165) is 42.5 Å². The Morgan fingerprint density at radius 3 is 2.20 bits per heavy atom. The summed E-state index contributed by atoms with van der Waals surface area (Å²) in [5.74, 6) is 1.08. The zero-order chi connectivity index (χ0) is 29.4. The minimum Gasteiger partial charge on any atom is -0.447 e. The Labute approximate surface area is 250 Å². The van der Waals surface area contributed by atoms with Gasteiger partial charge in [0.25, 0.3) is 0 Å². The minimum absolute atomic E-state index is 0.133. The highest BCUT2D eigenvalue weighted by atomic mass is 35.5. The number of hydrogen-bond donors (Lipinski definition) is 0. The van der Waals surface area contributed by atoms with Gasteiger partial charge in [-0.1, -0.05) is 57.0 Å². The zero-order valence-electron chi connectivity index (χ0n) is 25.0. The topological polar surface area (TPSA) is 49.9 Å². The smallest absolute Gasteiger partial charge is 0.410 e. The van der Waals surface area contributed by atoms with E-state index in [4.69, 9.17) is 27.9 Å². The zero-order valence-corrected chi connectivity index (χ0v) is 26.5. The number of halogens is 2. The van der Waals surface area contributed by atoms with E-state index < -0.39 is 5.41 Å². The molecular weight excluding hydrogens is 543 g/mol. The summed E-state index contributed by atoms with van der Waals surface area (Å²) in [6.07, 6.45) is 2.26. The number of rotatable bonds is 4. The first-order valence-corrected chi connectivity index (χ1v) is 15.4. The molecule has 7 heteroatoms. The molecule has 2 heterocycles. The first kappa shape index (κ1) is 30.7. The van der Waals surface area contributed by atoms with Crippen molar-refractivity contribution in [3.8, 4) is 11.1 Å². The number of likely N-dealkylation sites (tertiary alicyclic amines) is 2. The van der Waals surface area contributed by atoms with Gasteiger partial charge in [-0.2, -0.15) is 0 Å². The predicted molar refractivity (Wildman–Crippen MR) is 164 cm³/mol. The molecule has 2 aromatic carbocycles. The van der Waals surface area contributed by atoms with Crippen molar-refractivity contribution in [3.63, 3.8) is 0 Å². The van der Waals surface area contributed by atoms with Crippen LogP contribution in [0.1, 0.15) is 89.3 Å². The quantitative estimate of drug-likeness (QED) is 0.360. The Morgan fingerprint density at radius 1 is 0.925 bits per heavy atom. The number of amides is 2. The van der Waals surface area contributed by atoms with Crippen LogP contribution in [0.15, 0.2) is 30.3 Å². The second-order valence-corrected chi connectivity index (χ2v) is 13.9. The number of nitrogens with zero attached hydrogens (tertiary/aromatic N) is 2. The maximum Gasteiger partial charge on any atom is 0.410 e. The first-order chi connectivity index (χ1) is 18.8. The van der Waals surface area contributed by atoms with E-state index in [2.05, 4.69) is 36.9 Å². The largest absolute Gasteiger partial charge is 0.447 e. The lowest BCUT2D eigenvalue weighted by Gasteiger charge is -2.41. The summed E-state index contributed by atoms with van der Waals surface area (Å²) in [7, 11) is 0. The van der Waals surface area contributed by atoms with Gasteiger partial charge in [0.2, 0.25) is 5.91 Å². The predicted octanol–water partition coefficient (Wildman–Crippen LogP) is 8.69. The Kier molecular flexibility index (Phi) is 9.46. The van der Waals surface area contributed by atoms with Crippen molar-refractivity contribution in [2.45, 2.75) is 85.7 Å². The van der Waals surface area contributed by atoms with Gasteiger partial charge in [-0.15, -0.1) is 0 Å². The van der Waals surface area contributed by atoms with Crippen molar-refractivity contribution in [1.82, 2.24) is 9.80 Å². The lowest BCUT2D eigenvalue weighted by Crippen LogP contribution is -2.46. The highest BCUT2D eigenvalue weighted by Crippen LogP contribution is 2.45. The standard InChI is InChI=1S/C33H44Cl2N2O3/c1-20(2)40-32(39)36-14-11-23(12-15-36)27-17-24(34)8-9-26(27)28-18-25(35)16-22(4)30(28)29-19-37(13-10-21(29)3)31(38)33(5,6)7/h8-9,16-18,20-21,23,29H,10-15,19H2,1-7H3/t21-,29?/m0/s1. The molecule has 2 aliphatic heterocycles. The molecule has 1 unspecified atom stereocenters. The molecule has 0 spiro atoms. The van der Waals surface area contributed by atoms with Crippen molar-refractivity contribution < 1.29 is 14.3 Å². The number of hydrogen-bond acceptors (Lipinski definition) is 3. The van der Waals surface area contributed by atoms with E-state index in [9.17, 15) is 9.59 Å². The molecule has 218 valence electrons. The second-order valence-electron chi connectivity index (χ2n) is 13.0. The number of aryl methyl sites for hydroxylation is 1. The molecule has 5 nitrogen and oxygen atoms in total. The third-order valence-corrected chi connectivity index (χ3v) is 8.90. The average Bonchev–Trinajstić information content (AvgIpc) is 2.87. The van der Waals surface area contributed by atoms with Gasteiger partial charge in [0.15, 0.2) is 0 Å². The van der Waals surface area contributed by atoms with Crippen LogP contribution >= 0.6 is 23.2 Å². The molecule has 2 aliphatic rings. The molecule has 0 aliphatic carbocycles. The van der Waals surface area contributed by atoms with Gasteiger partial charge in [-0.25, -0.2) is 4.79 Å². The van der Waals surface area contributed by atoms with Gasteiger partial charge in [0.1, 0.15) is 0 Å². The third kappa shape index (κ3) is 6.79. The number of carbonyl (C=O) groups excluding carboxylic acids is 2. The summed E-state index contributed by atoms with van der Waals surface area (Å²) in [6.45, 7) is 17.0. The highest BCUT2D eigenvalue weighted by molar-refractivity contribution is 6.31. The molecule has 0 N–H and O–H groups in total. The fourth-order valence-electron chi connectivity index (χ4n) is 6.34. The Bertz CT molecular complexity index is 1240. The van der Waals surface area contributed by atoms with Crippen LogP contribution in [-0.2, 0) is 9.53 Å². The molecule has 0 aromatic heterocycles. The molecule has 0 bridgehead atoms. The normalized spacial score (nSPS) is 20.6. The summed E-state index contributed by atoms with van der Waals surface area (Å²) in [5.41, 5.74) is 5.46. The fraction of sp³-hybridized carbons (Fsp3) is 0.576. The van der Waals surface area contributed by atoms with Crippen molar-refractivity contribution in [3.05, 3.63) is 57.1 Å². The lowest BCUT2D eigenvalue weighted by atomic mass is 9.75. The number of ether oxygens (including phenoxy) is 1. The third-order valence-electron chi connectivity index (χ3n) is 8.44. The average molecular weight is 588 g/mol. The van der Waals surface area contributed by atoms with Crippen LogP contribution in [0.25, 0.3) is 11.1 Å². The maximum absolute atomic E-state index is 13.3. The van der Waals surface area contributed by atoms with Crippen molar-refractivity contribution >= 4 is 35.2 Å². The Morgan fingerprint density at radius 2 is 1.57 bits per heavy atom. The molecule has 4 rings (SSSR count). The lowest BCUT2D eigenvalue weighted by molar-refractivity contribution is -0.141. The van der Waals surface area contributed by atoms with Crippen LogP contribution in [0.4, 0.5) is 4.79 Å². The van der Waals surface area contributed by atoms with Gasteiger partial charge < -0.3 is 14.5 Å². The van der Waals surface area contributed by atoms with E-state index in [1.54, 1.807) is 4.90 Å². The van der Waals surface area contributed by atoms with Gasteiger partial charge in [0.05, 0.1) is 6.10 Å². The molecular formula is C33H44Cl2N2O3. The number of benzene rings is 2. The molecule has 2 atom stereocenters. The van der Waals surface area contributed by atoms with Crippen LogP contribution in [0, 0.1) is 18.3 Å². The minimum atomic E-state index is -0.414. The van der Waals surface area contributed by atoms with Gasteiger partial charge in [0, 0.05) is 47.6 Å². The van der Waals surface area contributed by atoms with Crippen LogP contribution < -0.4 is 0 Å². The van der Waals surface area contributed by atoms with Crippen molar-refractivity contribution in [1.29, 1.82) is 0 Å². The Hall–Kier alpha value is -2.24. The van der Waals surface area contributed by atoms with Gasteiger partial charge >= 0.3 is 6.09 Å². The summed E-state index contributed by atoms with van der Waals surface area (Å²) < 4.78 is 5.43. The summed E-state index contributed by atoms with van der Waals surface area (Å²) >= 11 is 13.3. The first-order valence-electron chi connectivity index (χ1n) is 14.6. The Balaban J connectivity index is 1.72. The molecule has 0 saturated carbocycles. The second kappa shape index (κ2) is 12.3. The molecule has 2 fully saturated rings. The molecule has 40 heavy (non-hydrogen) atoms. The number of carbonyl (C=O) groups is 2. The highest BCUT2D eigenvalue weighted by Gasteiger charge is 2.36. The summed E-state index contributed by atoms with van der Waals surface area (Å²) in [4.78, 5) is 29.6. The van der Waals surface area contributed by atoms with E-state index >= 15 is 0 Å². The summed E-state index contributed by atoms with van der Waals surface area (Å²) in [5, 5.41) is 1.41. The SMILES string of the molecule is Cc1cc(Cl)cc(-c2ccc(Cl)cc2C2CCN(C(=O)OC(C)C)CC2)c1C1CN(C(=O)C(C)(C)C)CC[C@@H]1C. The van der Waals surface area contributed by atoms with E-state index in [1.165, 1.54) is 11.1 Å². The van der Waals surface area contributed by atoms with Crippen LogP contribution in [0.3, 0.4) is 0 Å². The van der Waals surface area contributed by atoms with Crippen LogP contribution in [0.2, 0.25) is 10.0 Å². The van der Waals surface area contributed by atoms with E-state index in [1.807, 2.05) is 46.8 Å². The van der Waals surface area contributed by atoms with Crippen LogP contribution in [-0.4, -0.2) is 54.1 Å². The number of piperidine rings is 2. The van der Waals surface area contributed by atoms with Gasteiger partial charge in [-0.3, -0.25) is 4.79 Å². The van der Waals surface area contributed by atoms with Crippen molar-refractivity contribution in [2.24, 2.45) is 11.3 Å². The fourth-order valence-corrected chi connectivity index (χ4v) is 6.79. The molecule has 2 amide bonds. The van der Waals surface area contributed by atoms with Crippen LogP contribution in [0.5, 0.6) is 0 Å².